The molecule has 2 amide bonds. The Balaban J connectivity index is 1.64. The fourth-order valence-electron chi connectivity index (χ4n) is 3.23. The van der Waals surface area contributed by atoms with Gasteiger partial charge < -0.3 is 15.5 Å². The van der Waals surface area contributed by atoms with Crippen LogP contribution in [0.1, 0.15) is 25.7 Å². The van der Waals surface area contributed by atoms with Crippen LogP contribution in [0.4, 0.5) is 14.9 Å². The van der Waals surface area contributed by atoms with Gasteiger partial charge in [0.05, 0.1) is 0 Å². The standard InChI is InChI=1S/C15H20FN3O/c16-11-5-7-12(8-6-11)18-15(20)19-10-2-4-14(19)13-3-1-9-17-13/h5-8,13-14,17H,1-4,9-10H2,(H,18,20). The van der Waals surface area contributed by atoms with Gasteiger partial charge in [-0.05, 0) is 56.5 Å². The first-order valence-corrected chi connectivity index (χ1v) is 7.30. The molecule has 4 nitrogen and oxygen atoms in total. The SMILES string of the molecule is O=C(Nc1ccc(F)cc1)N1CCCC1C1CCCN1. The summed E-state index contributed by atoms with van der Waals surface area (Å²) < 4.78 is 12.9. The Morgan fingerprint density at radius 1 is 1.25 bits per heavy atom. The molecule has 5 heteroatoms. The number of urea groups is 1. The van der Waals surface area contributed by atoms with E-state index in [0.29, 0.717) is 11.7 Å². The molecule has 0 spiro atoms. The highest BCUT2D eigenvalue weighted by molar-refractivity contribution is 5.89. The molecule has 2 heterocycles. The van der Waals surface area contributed by atoms with Crippen molar-refractivity contribution < 1.29 is 9.18 Å². The molecule has 0 saturated carbocycles. The van der Waals surface area contributed by atoms with Gasteiger partial charge in [-0.25, -0.2) is 9.18 Å². The van der Waals surface area contributed by atoms with E-state index in [9.17, 15) is 9.18 Å². The lowest BCUT2D eigenvalue weighted by molar-refractivity contribution is 0.195. The maximum Gasteiger partial charge on any atom is 0.322 e. The maximum absolute atomic E-state index is 12.9. The number of carbonyl (C=O) groups excluding carboxylic acids is 1. The number of likely N-dealkylation sites (tertiary alicyclic amines) is 1. The quantitative estimate of drug-likeness (QED) is 0.872. The van der Waals surface area contributed by atoms with Gasteiger partial charge in [0.25, 0.3) is 0 Å². The first kappa shape index (κ1) is 13.4. The number of nitrogens with one attached hydrogen (secondary N) is 2. The Kier molecular flexibility index (Phi) is 3.87. The third-order valence-corrected chi connectivity index (χ3v) is 4.22. The van der Waals surface area contributed by atoms with E-state index in [1.54, 1.807) is 12.1 Å². The van der Waals surface area contributed by atoms with Crippen molar-refractivity contribution in [1.29, 1.82) is 0 Å². The van der Waals surface area contributed by atoms with Crippen molar-refractivity contribution >= 4 is 11.7 Å². The first-order valence-electron chi connectivity index (χ1n) is 7.30. The van der Waals surface area contributed by atoms with Crippen LogP contribution < -0.4 is 10.6 Å². The van der Waals surface area contributed by atoms with Gasteiger partial charge in [0, 0.05) is 24.3 Å². The Hall–Kier alpha value is -1.62. The molecule has 2 fully saturated rings. The van der Waals surface area contributed by atoms with Crippen LogP contribution in [0.3, 0.4) is 0 Å². The minimum absolute atomic E-state index is 0.0761. The molecule has 20 heavy (non-hydrogen) atoms. The van der Waals surface area contributed by atoms with Crippen LogP contribution >= 0.6 is 0 Å². The number of rotatable bonds is 2. The summed E-state index contributed by atoms with van der Waals surface area (Å²) in [4.78, 5) is 14.3. The van der Waals surface area contributed by atoms with Crippen LogP contribution in [0.25, 0.3) is 0 Å². The lowest BCUT2D eigenvalue weighted by Gasteiger charge is -2.29. The van der Waals surface area contributed by atoms with E-state index in [1.165, 1.54) is 18.6 Å². The molecule has 2 unspecified atom stereocenters. The van der Waals surface area contributed by atoms with Gasteiger partial charge in [0.2, 0.25) is 0 Å². The number of anilines is 1. The topological polar surface area (TPSA) is 44.4 Å². The normalized spacial score (nSPS) is 25.9. The van der Waals surface area contributed by atoms with Crippen LogP contribution in [-0.4, -0.2) is 36.1 Å². The van der Waals surface area contributed by atoms with Gasteiger partial charge in [-0.2, -0.15) is 0 Å². The van der Waals surface area contributed by atoms with Crippen LogP contribution in [0.5, 0.6) is 0 Å². The van der Waals surface area contributed by atoms with Crippen molar-refractivity contribution in [1.82, 2.24) is 10.2 Å². The van der Waals surface area contributed by atoms with Crippen molar-refractivity contribution in [3.05, 3.63) is 30.1 Å². The molecule has 1 aromatic carbocycles. The summed E-state index contributed by atoms with van der Waals surface area (Å²) in [6, 6.07) is 6.53. The number of amides is 2. The summed E-state index contributed by atoms with van der Waals surface area (Å²) in [7, 11) is 0. The van der Waals surface area contributed by atoms with Crippen LogP contribution in [0.15, 0.2) is 24.3 Å². The van der Waals surface area contributed by atoms with E-state index in [4.69, 9.17) is 0 Å². The molecule has 2 saturated heterocycles. The predicted octanol–water partition coefficient (Wildman–Crippen LogP) is 2.57. The van der Waals surface area contributed by atoms with Crippen LogP contribution in [-0.2, 0) is 0 Å². The summed E-state index contributed by atoms with van der Waals surface area (Å²) in [5, 5.41) is 6.34. The molecular weight excluding hydrogens is 257 g/mol. The van der Waals surface area contributed by atoms with E-state index in [1.807, 2.05) is 4.90 Å². The second-order valence-electron chi connectivity index (χ2n) is 5.54. The average molecular weight is 277 g/mol. The highest BCUT2D eigenvalue weighted by Gasteiger charge is 2.35. The largest absolute Gasteiger partial charge is 0.322 e. The molecule has 0 radical (unpaired) electrons. The Labute approximate surface area is 118 Å². The lowest BCUT2D eigenvalue weighted by atomic mass is 10.0. The van der Waals surface area contributed by atoms with Crippen molar-refractivity contribution in [3.63, 3.8) is 0 Å². The monoisotopic (exact) mass is 277 g/mol. The summed E-state index contributed by atoms with van der Waals surface area (Å²) >= 11 is 0. The Bertz CT molecular complexity index is 471. The fourth-order valence-corrected chi connectivity index (χ4v) is 3.23. The Morgan fingerprint density at radius 2 is 2.05 bits per heavy atom. The molecule has 3 rings (SSSR count). The van der Waals surface area contributed by atoms with Gasteiger partial charge in [-0.1, -0.05) is 0 Å². The third kappa shape index (κ3) is 2.77. The Morgan fingerprint density at radius 3 is 2.75 bits per heavy atom. The van der Waals surface area contributed by atoms with Crippen molar-refractivity contribution in [2.24, 2.45) is 0 Å². The van der Waals surface area contributed by atoms with Crippen LogP contribution in [0.2, 0.25) is 0 Å². The van der Waals surface area contributed by atoms with Crippen LogP contribution in [0, 0.1) is 5.82 Å². The molecule has 0 aliphatic carbocycles. The summed E-state index contributed by atoms with van der Waals surface area (Å²) in [6.45, 7) is 1.85. The smallest absolute Gasteiger partial charge is 0.320 e. The minimum atomic E-state index is -0.294. The molecule has 0 bridgehead atoms. The second kappa shape index (κ2) is 5.79. The zero-order valence-electron chi connectivity index (χ0n) is 11.4. The molecule has 2 aliphatic rings. The molecular formula is C15H20FN3O. The molecule has 2 N–H and O–H groups in total. The minimum Gasteiger partial charge on any atom is -0.320 e. The van der Waals surface area contributed by atoms with Crippen molar-refractivity contribution in [2.75, 3.05) is 18.4 Å². The highest BCUT2D eigenvalue weighted by atomic mass is 19.1. The van der Waals surface area contributed by atoms with E-state index in [-0.39, 0.29) is 17.9 Å². The summed E-state index contributed by atoms with van der Waals surface area (Å²) in [5.74, 6) is -0.294. The van der Waals surface area contributed by atoms with Gasteiger partial charge >= 0.3 is 6.03 Å². The van der Waals surface area contributed by atoms with E-state index in [2.05, 4.69) is 10.6 Å². The number of hydrogen-bond acceptors (Lipinski definition) is 2. The van der Waals surface area contributed by atoms with E-state index >= 15 is 0 Å². The molecule has 1 aromatic rings. The number of nitrogens with zero attached hydrogens (tertiary/aromatic N) is 1. The zero-order valence-corrected chi connectivity index (χ0v) is 11.4. The van der Waals surface area contributed by atoms with E-state index in [0.717, 1.165) is 32.4 Å². The second-order valence-corrected chi connectivity index (χ2v) is 5.54. The van der Waals surface area contributed by atoms with Crippen molar-refractivity contribution in [2.45, 2.75) is 37.8 Å². The number of carbonyl (C=O) groups is 1. The fraction of sp³-hybridized carbons (Fsp3) is 0.533. The van der Waals surface area contributed by atoms with Gasteiger partial charge in [0.15, 0.2) is 0 Å². The van der Waals surface area contributed by atoms with E-state index < -0.39 is 0 Å². The summed E-state index contributed by atoms with van der Waals surface area (Å²) in [6.07, 6.45) is 4.45. The molecule has 2 atom stereocenters. The number of benzene rings is 1. The first-order chi connectivity index (χ1) is 9.74. The van der Waals surface area contributed by atoms with Gasteiger partial charge in [-0.15, -0.1) is 0 Å². The zero-order chi connectivity index (χ0) is 13.9. The molecule has 108 valence electrons. The molecule has 2 aliphatic heterocycles. The maximum atomic E-state index is 12.9. The predicted molar refractivity (Wildman–Crippen MR) is 76.2 cm³/mol. The van der Waals surface area contributed by atoms with Gasteiger partial charge in [-0.3, -0.25) is 0 Å². The van der Waals surface area contributed by atoms with Gasteiger partial charge in [0.1, 0.15) is 5.82 Å². The highest BCUT2D eigenvalue weighted by Crippen LogP contribution is 2.25. The molecule has 0 aromatic heterocycles. The third-order valence-electron chi connectivity index (χ3n) is 4.22. The average Bonchev–Trinajstić information content (AvgIpc) is 3.11. The lowest BCUT2D eigenvalue weighted by Crippen LogP contribution is -2.48. The number of hydrogen-bond donors (Lipinski definition) is 2. The summed E-state index contributed by atoms with van der Waals surface area (Å²) in [5.41, 5.74) is 0.640. The number of halogens is 1. The van der Waals surface area contributed by atoms with Crippen molar-refractivity contribution in [3.8, 4) is 0 Å².